The van der Waals surface area contributed by atoms with E-state index in [2.05, 4.69) is 36.9 Å². The van der Waals surface area contributed by atoms with Crippen LogP contribution in [0.3, 0.4) is 0 Å². The molecule has 0 amide bonds. The Hall–Kier alpha value is -4.09. The van der Waals surface area contributed by atoms with Crippen LogP contribution in [-0.2, 0) is 25.7 Å². The number of alkyl halides is 3. The lowest BCUT2D eigenvalue weighted by Crippen LogP contribution is -2.46. The number of rotatable bonds is 8. The second kappa shape index (κ2) is 12.3. The monoisotopic (exact) mass is 592 g/mol. The van der Waals surface area contributed by atoms with Crippen LogP contribution in [0.4, 0.5) is 30.5 Å². The van der Waals surface area contributed by atoms with Gasteiger partial charge in [0.2, 0.25) is 5.95 Å². The summed E-state index contributed by atoms with van der Waals surface area (Å²) in [7, 11) is 1.63. The van der Waals surface area contributed by atoms with E-state index < -0.39 is 11.7 Å². The average molecular weight is 593 g/mol. The van der Waals surface area contributed by atoms with Crippen molar-refractivity contribution in [2.24, 2.45) is 0 Å². The van der Waals surface area contributed by atoms with Crippen LogP contribution in [0.1, 0.15) is 29.4 Å². The largest absolute Gasteiger partial charge is 0.497 e. The number of ether oxygens (including phenoxy) is 1. The quantitative estimate of drug-likeness (QED) is 0.259. The number of fused-ring (bicyclic) bond motifs is 1. The molecule has 0 unspecified atom stereocenters. The Bertz CT molecular complexity index is 1530. The number of aromatic nitrogens is 2. The smallest absolute Gasteiger partial charge is 0.420 e. The molecule has 226 valence electrons. The first-order valence-electron chi connectivity index (χ1n) is 14.5. The van der Waals surface area contributed by atoms with Gasteiger partial charge in [0.15, 0.2) is 5.76 Å². The summed E-state index contributed by atoms with van der Waals surface area (Å²) < 4.78 is 53.3. The van der Waals surface area contributed by atoms with E-state index in [1.54, 1.807) is 13.2 Å². The lowest BCUT2D eigenvalue weighted by atomic mass is 10.1. The first-order valence-corrected chi connectivity index (χ1v) is 14.5. The molecule has 8 nitrogen and oxygen atoms in total. The summed E-state index contributed by atoms with van der Waals surface area (Å²) in [6.45, 7) is 9.20. The van der Waals surface area contributed by atoms with Gasteiger partial charge in [-0.2, -0.15) is 13.2 Å². The van der Waals surface area contributed by atoms with Crippen molar-refractivity contribution in [2.75, 3.05) is 56.6 Å². The number of hydrogen-bond acceptors (Lipinski definition) is 8. The molecule has 0 saturated carbocycles. The van der Waals surface area contributed by atoms with Gasteiger partial charge in [0.25, 0.3) is 0 Å². The standard InChI is InChI=1S/C32H35F3N6O2/c1-3-39-14-16-41(17-15-39)25-8-6-24(7-9-25)37-31-36-19-27(32(33,34)35)30(38-31)29-18-23-21-40(13-12-28(23)43-29)20-22-4-10-26(42-2)11-5-22/h4-11,18-19H,3,12-17,20-21H2,1-2H3,(H,36,37,38). The third-order valence-corrected chi connectivity index (χ3v) is 8.15. The van der Waals surface area contributed by atoms with Crippen LogP contribution in [0.5, 0.6) is 5.75 Å². The van der Waals surface area contributed by atoms with Crippen molar-refractivity contribution in [2.45, 2.75) is 32.6 Å². The molecule has 1 N–H and O–H groups in total. The summed E-state index contributed by atoms with van der Waals surface area (Å²) in [5.41, 5.74) is 2.59. The molecule has 11 heteroatoms. The third-order valence-electron chi connectivity index (χ3n) is 8.15. The fourth-order valence-corrected chi connectivity index (χ4v) is 5.68. The van der Waals surface area contributed by atoms with Crippen LogP contribution in [0.15, 0.2) is 65.2 Å². The number of piperazine rings is 1. The summed E-state index contributed by atoms with van der Waals surface area (Å²) in [6.07, 6.45) is -3.21. The summed E-state index contributed by atoms with van der Waals surface area (Å²) in [5.74, 6) is 1.65. The zero-order valence-electron chi connectivity index (χ0n) is 24.3. The Kier molecular flexibility index (Phi) is 8.27. The number of benzene rings is 2. The first-order chi connectivity index (χ1) is 20.8. The van der Waals surface area contributed by atoms with Crippen molar-refractivity contribution in [1.82, 2.24) is 19.8 Å². The summed E-state index contributed by atoms with van der Waals surface area (Å²) in [5, 5.41) is 3.07. The molecule has 6 rings (SSSR count). The van der Waals surface area contributed by atoms with E-state index in [9.17, 15) is 13.2 Å². The fourth-order valence-electron chi connectivity index (χ4n) is 5.68. The number of anilines is 3. The van der Waals surface area contributed by atoms with Crippen LogP contribution < -0.4 is 15.0 Å². The van der Waals surface area contributed by atoms with Gasteiger partial charge in [0.1, 0.15) is 22.8 Å². The Labute approximate surface area is 249 Å². The molecule has 1 saturated heterocycles. The lowest BCUT2D eigenvalue weighted by Gasteiger charge is -2.35. The molecule has 0 atom stereocenters. The van der Waals surface area contributed by atoms with E-state index in [1.165, 1.54) is 0 Å². The zero-order valence-corrected chi connectivity index (χ0v) is 24.3. The molecule has 1 fully saturated rings. The van der Waals surface area contributed by atoms with Crippen molar-refractivity contribution in [3.63, 3.8) is 0 Å². The predicted octanol–water partition coefficient (Wildman–Crippen LogP) is 6.21. The van der Waals surface area contributed by atoms with Crippen LogP contribution in [0.25, 0.3) is 11.5 Å². The number of likely N-dealkylation sites (N-methyl/N-ethyl adjacent to an activating group) is 1. The minimum absolute atomic E-state index is 0.0721. The third kappa shape index (κ3) is 6.62. The van der Waals surface area contributed by atoms with Gasteiger partial charge < -0.3 is 24.3 Å². The van der Waals surface area contributed by atoms with Gasteiger partial charge >= 0.3 is 6.18 Å². The van der Waals surface area contributed by atoms with Crippen LogP contribution >= 0.6 is 0 Å². The highest BCUT2D eigenvalue weighted by atomic mass is 19.4. The molecule has 0 spiro atoms. The van der Waals surface area contributed by atoms with E-state index in [1.807, 2.05) is 48.5 Å². The van der Waals surface area contributed by atoms with Gasteiger partial charge in [0.05, 0.1) is 7.11 Å². The number of furan rings is 1. The molecule has 2 aromatic heterocycles. The summed E-state index contributed by atoms with van der Waals surface area (Å²) in [4.78, 5) is 15.3. The van der Waals surface area contributed by atoms with E-state index in [0.717, 1.165) is 68.0 Å². The second-order valence-electron chi connectivity index (χ2n) is 10.9. The second-order valence-corrected chi connectivity index (χ2v) is 10.9. The van der Waals surface area contributed by atoms with Crippen molar-refractivity contribution in [3.05, 3.63) is 83.2 Å². The Morgan fingerprint density at radius 3 is 2.37 bits per heavy atom. The van der Waals surface area contributed by atoms with Crippen molar-refractivity contribution >= 4 is 17.3 Å². The van der Waals surface area contributed by atoms with Crippen LogP contribution in [-0.4, -0.2) is 66.1 Å². The van der Waals surface area contributed by atoms with Gasteiger partial charge in [-0.25, -0.2) is 9.97 Å². The van der Waals surface area contributed by atoms with E-state index in [0.29, 0.717) is 31.0 Å². The normalized spacial score (nSPS) is 16.3. The number of hydrogen-bond donors (Lipinski definition) is 1. The molecule has 2 aliphatic heterocycles. The van der Waals surface area contributed by atoms with Gasteiger partial charge in [-0.05, 0) is 54.6 Å². The van der Waals surface area contributed by atoms with Gasteiger partial charge in [-0.1, -0.05) is 19.1 Å². The van der Waals surface area contributed by atoms with Crippen LogP contribution in [0, 0.1) is 0 Å². The lowest BCUT2D eigenvalue weighted by molar-refractivity contribution is -0.137. The first kappa shape index (κ1) is 29.0. The molecule has 0 aliphatic carbocycles. The topological polar surface area (TPSA) is 69.9 Å². The summed E-state index contributed by atoms with van der Waals surface area (Å²) in [6, 6.07) is 17.4. The maximum atomic E-state index is 14.0. The Morgan fingerprint density at radius 2 is 1.70 bits per heavy atom. The highest BCUT2D eigenvalue weighted by Crippen LogP contribution is 2.39. The molecule has 0 bridgehead atoms. The molecule has 4 heterocycles. The molecular formula is C32H35F3N6O2. The number of nitrogens with one attached hydrogen (secondary N) is 1. The molecule has 2 aliphatic rings. The van der Waals surface area contributed by atoms with E-state index >= 15 is 0 Å². The van der Waals surface area contributed by atoms with E-state index in [-0.39, 0.29) is 17.4 Å². The summed E-state index contributed by atoms with van der Waals surface area (Å²) >= 11 is 0. The number of nitrogens with zero attached hydrogens (tertiary/aromatic N) is 5. The number of halogens is 3. The minimum Gasteiger partial charge on any atom is -0.497 e. The SMILES string of the molecule is CCN1CCN(c2ccc(Nc3ncc(C(F)(F)F)c(-c4cc5c(o4)CCN(Cc4ccc(OC)cc4)C5)n3)cc2)CC1. The minimum atomic E-state index is -4.63. The van der Waals surface area contributed by atoms with Gasteiger partial charge in [0, 0.05) is 75.4 Å². The highest BCUT2D eigenvalue weighted by Gasteiger charge is 2.37. The van der Waals surface area contributed by atoms with Crippen molar-refractivity contribution in [3.8, 4) is 17.2 Å². The number of methoxy groups -OCH3 is 1. The molecule has 43 heavy (non-hydrogen) atoms. The fraction of sp³-hybridized carbons (Fsp3) is 0.375. The Morgan fingerprint density at radius 1 is 0.953 bits per heavy atom. The Balaban J connectivity index is 1.19. The van der Waals surface area contributed by atoms with E-state index in [4.69, 9.17) is 9.15 Å². The molecule has 4 aromatic rings. The average Bonchev–Trinajstić information content (AvgIpc) is 3.45. The molecule has 0 radical (unpaired) electrons. The highest BCUT2D eigenvalue weighted by molar-refractivity contribution is 5.64. The van der Waals surface area contributed by atoms with Gasteiger partial charge in [-0.15, -0.1) is 0 Å². The maximum Gasteiger partial charge on any atom is 0.420 e. The zero-order chi connectivity index (χ0) is 30.0. The van der Waals surface area contributed by atoms with Gasteiger partial charge in [-0.3, -0.25) is 4.90 Å². The van der Waals surface area contributed by atoms with Crippen LogP contribution in [0.2, 0.25) is 0 Å². The van der Waals surface area contributed by atoms with Crippen molar-refractivity contribution < 1.29 is 22.3 Å². The molecule has 2 aromatic carbocycles. The molecular weight excluding hydrogens is 557 g/mol. The maximum absolute atomic E-state index is 14.0. The van der Waals surface area contributed by atoms with Crippen molar-refractivity contribution in [1.29, 1.82) is 0 Å². The predicted molar refractivity (Wildman–Crippen MR) is 160 cm³/mol.